The van der Waals surface area contributed by atoms with Crippen LogP contribution in [0, 0.1) is 5.92 Å². The van der Waals surface area contributed by atoms with Gasteiger partial charge in [-0.05, 0) is 12.8 Å². The van der Waals surface area contributed by atoms with E-state index in [0.29, 0.717) is 19.1 Å². The van der Waals surface area contributed by atoms with Gasteiger partial charge in [-0.15, -0.1) is 0 Å². The third-order valence-corrected chi connectivity index (χ3v) is 4.31. The van der Waals surface area contributed by atoms with E-state index in [1.165, 1.54) is 0 Å². The second-order valence-electron chi connectivity index (χ2n) is 5.33. The summed E-state index contributed by atoms with van der Waals surface area (Å²) in [7, 11) is 0. The lowest BCUT2D eigenvalue weighted by Crippen LogP contribution is -2.56. The normalized spacial score (nSPS) is 30.6. The third kappa shape index (κ3) is 2.07. The van der Waals surface area contributed by atoms with Crippen molar-refractivity contribution >= 4 is 5.97 Å². The molecule has 0 amide bonds. The minimum Gasteiger partial charge on any atom is -0.481 e. The van der Waals surface area contributed by atoms with Crippen molar-refractivity contribution in [1.82, 2.24) is 4.90 Å². The summed E-state index contributed by atoms with van der Waals surface area (Å²) in [5, 5.41) is 8.85. The van der Waals surface area contributed by atoms with Crippen molar-refractivity contribution in [3.8, 4) is 0 Å². The average molecular weight is 241 g/mol. The van der Waals surface area contributed by atoms with Gasteiger partial charge in [-0.3, -0.25) is 9.69 Å². The topological polar surface area (TPSA) is 59.0 Å². The molecule has 0 aromatic rings. The number of rotatable bonds is 2. The van der Waals surface area contributed by atoms with Crippen LogP contribution in [0.15, 0.2) is 0 Å². The summed E-state index contributed by atoms with van der Waals surface area (Å²) in [6.07, 6.45) is 4.02. The average Bonchev–Trinajstić information content (AvgIpc) is 2.67. The molecule has 0 bridgehead atoms. The van der Waals surface area contributed by atoms with Gasteiger partial charge in [-0.1, -0.05) is 0 Å². The van der Waals surface area contributed by atoms with Crippen LogP contribution in [0.5, 0.6) is 0 Å². The first kappa shape index (κ1) is 11.4. The number of carboxylic acids is 1. The van der Waals surface area contributed by atoms with Crippen molar-refractivity contribution in [1.29, 1.82) is 0 Å². The highest BCUT2D eigenvalue weighted by Crippen LogP contribution is 2.38. The number of aliphatic carboxylic acids is 1. The number of carboxylic acid groups (broad SMARTS) is 1. The van der Waals surface area contributed by atoms with E-state index >= 15 is 0 Å². The second kappa shape index (κ2) is 4.23. The quantitative estimate of drug-likeness (QED) is 0.770. The molecule has 5 heteroatoms. The Bertz CT molecular complexity index is 298. The maximum Gasteiger partial charge on any atom is 0.309 e. The summed E-state index contributed by atoms with van der Waals surface area (Å²) in [6, 6.07) is 0.532. The van der Waals surface area contributed by atoms with Gasteiger partial charge in [0, 0.05) is 32.0 Å². The number of carbonyl (C=O) groups is 1. The molecule has 0 aromatic heterocycles. The molecule has 1 spiro atoms. The lowest BCUT2D eigenvalue weighted by atomic mass is 9.86. The van der Waals surface area contributed by atoms with Crippen molar-refractivity contribution in [2.75, 3.05) is 26.3 Å². The largest absolute Gasteiger partial charge is 0.481 e. The van der Waals surface area contributed by atoms with E-state index in [2.05, 4.69) is 4.90 Å². The van der Waals surface area contributed by atoms with Gasteiger partial charge >= 0.3 is 5.97 Å². The fraction of sp³-hybridized carbons (Fsp3) is 0.917. The number of nitrogens with zero attached hydrogens (tertiary/aromatic N) is 1. The number of hydrogen-bond donors (Lipinski definition) is 1. The first-order valence-electron chi connectivity index (χ1n) is 6.43. The Labute approximate surface area is 101 Å². The highest BCUT2D eigenvalue weighted by molar-refractivity contribution is 5.71. The van der Waals surface area contributed by atoms with Crippen LogP contribution in [-0.2, 0) is 14.3 Å². The van der Waals surface area contributed by atoms with Crippen molar-refractivity contribution in [2.45, 2.75) is 37.5 Å². The van der Waals surface area contributed by atoms with E-state index in [1.54, 1.807) is 0 Å². The Morgan fingerprint density at radius 2 is 1.76 bits per heavy atom. The van der Waals surface area contributed by atoms with Gasteiger partial charge < -0.3 is 14.6 Å². The molecule has 0 aromatic carbocycles. The SMILES string of the molecule is O=C(O)C1CN(C2CCC3(CC2)OCCO3)C1. The molecular formula is C12H19NO4. The van der Waals surface area contributed by atoms with Crippen LogP contribution in [0.4, 0.5) is 0 Å². The summed E-state index contributed by atoms with van der Waals surface area (Å²) in [4.78, 5) is 13.0. The molecule has 2 heterocycles. The maximum absolute atomic E-state index is 10.7. The van der Waals surface area contributed by atoms with E-state index in [4.69, 9.17) is 14.6 Å². The third-order valence-electron chi connectivity index (χ3n) is 4.31. The lowest BCUT2D eigenvalue weighted by Gasteiger charge is -2.46. The van der Waals surface area contributed by atoms with Crippen LogP contribution in [0.1, 0.15) is 25.7 Å². The van der Waals surface area contributed by atoms with Crippen LogP contribution in [0.25, 0.3) is 0 Å². The summed E-state index contributed by atoms with van der Waals surface area (Å²) in [6.45, 7) is 2.87. The van der Waals surface area contributed by atoms with Crippen LogP contribution in [0.3, 0.4) is 0 Å². The molecule has 0 unspecified atom stereocenters. The lowest BCUT2D eigenvalue weighted by molar-refractivity contribution is -0.188. The van der Waals surface area contributed by atoms with Crippen LogP contribution in [0.2, 0.25) is 0 Å². The predicted molar refractivity (Wildman–Crippen MR) is 59.6 cm³/mol. The second-order valence-corrected chi connectivity index (χ2v) is 5.33. The Morgan fingerprint density at radius 1 is 1.18 bits per heavy atom. The van der Waals surface area contributed by atoms with Crippen molar-refractivity contribution < 1.29 is 19.4 Å². The zero-order chi connectivity index (χ0) is 11.9. The van der Waals surface area contributed by atoms with Gasteiger partial charge in [0.05, 0.1) is 19.1 Å². The molecular weight excluding hydrogens is 222 g/mol. The molecule has 0 radical (unpaired) electrons. The van der Waals surface area contributed by atoms with Crippen molar-refractivity contribution in [3.05, 3.63) is 0 Å². The Balaban J connectivity index is 1.48. The van der Waals surface area contributed by atoms with Gasteiger partial charge in [0.2, 0.25) is 0 Å². The summed E-state index contributed by atoms with van der Waals surface area (Å²) < 4.78 is 11.4. The Kier molecular flexibility index (Phi) is 2.84. The fourth-order valence-corrected chi connectivity index (χ4v) is 3.16. The van der Waals surface area contributed by atoms with E-state index in [-0.39, 0.29) is 11.7 Å². The standard InChI is InChI=1S/C12H19NO4/c14-11(15)9-7-13(8-9)10-1-3-12(4-2-10)16-5-6-17-12/h9-10H,1-8H2,(H,14,15). The Hall–Kier alpha value is -0.650. The zero-order valence-corrected chi connectivity index (χ0v) is 9.93. The molecule has 2 saturated heterocycles. The van der Waals surface area contributed by atoms with Gasteiger partial charge in [-0.25, -0.2) is 0 Å². The molecule has 5 nitrogen and oxygen atoms in total. The monoisotopic (exact) mass is 241 g/mol. The molecule has 3 fully saturated rings. The highest BCUT2D eigenvalue weighted by Gasteiger charge is 2.44. The van der Waals surface area contributed by atoms with Crippen LogP contribution < -0.4 is 0 Å². The fourth-order valence-electron chi connectivity index (χ4n) is 3.16. The zero-order valence-electron chi connectivity index (χ0n) is 9.93. The van der Waals surface area contributed by atoms with Gasteiger partial charge in [0.1, 0.15) is 0 Å². The molecule has 96 valence electrons. The molecule has 2 aliphatic heterocycles. The summed E-state index contributed by atoms with van der Waals surface area (Å²) >= 11 is 0. The van der Waals surface area contributed by atoms with Gasteiger partial charge in [0.15, 0.2) is 5.79 Å². The van der Waals surface area contributed by atoms with E-state index in [9.17, 15) is 4.79 Å². The van der Waals surface area contributed by atoms with Gasteiger partial charge in [-0.2, -0.15) is 0 Å². The highest BCUT2D eigenvalue weighted by atomic mass is 16.7. The molecule has 1 aliphatic carbocycles. The predicted octanol–water partition coefficient (Wildman–Crippen LogP) is 0.688. The number of ether oxygens (including phenoxy) is 2. The summed E-state index contributed by atoms with van der Waals surface area (Å²) in [5.41, 5.74) is 0. The number of likely N-dealkylation sites (tertiary alicyclic amines) is 1. The molecule has 17 heavy (non-hydrogen) atoms. The van der Waals surface area contributed by atoms with Crippen molar-refractivity contribution in [2.24, 2.45) is 5.92 Å². The smallest absolute Gasteiger partial charge is 0.309 e. The first-order valence-corrected chi connectivity index (χ1v) is 6.43. The molecule has 1 N–H and O–H groups in total. The molecule has 3 rings (SSSR count). The minimum absolute atomic E-state index is 0.148. The van der Waals surface area contributed by atoms with Gasteiger partial charge in [0.25, 0.3) is 0 Å². The van der Waals surface area contributed by atoms with E-state index in [1.807, 2.05) is 0 Å². The first-order chi connectivity index (χ1) is 8.19. The molecule has 3 aliphatic rings. The maximum atomic E-state index is 10.7. The Morgan fingerprint density at radius 3 is 2.29 bits per heavy atom. The van der Waals surface area contributed by atoms with E-state index in [0.717, 1.165) is 38.9 Å². The number of hydrogen-bond acceptors (Lipinski definition) is 4. The van der Waals surface area contributed by atoms with E-state index < -0.39 is 5.97 Å². The summed E-state index contributed by atoms with van der Waals surface area (Å²) in [5.74, 6) is -1.10. The van der Waals surface area contributed by atoms with Crippen LogP contribution in [-0.4, -0.2) is 54.1 Å². The minimum atomic E-state index is -0.656. The molecule has 1 saturated carbocycles. The van der Waals surface area contributed by atoms with Crippen molar-refractivity contribution in [3.63, 3.8) is 0 Å². The molecule has 0 atom stereocenters. The van der Waals surface area contributed by atoms with Crippen LogP contribution >= 0.6 is 0 Å².